The Labute approximate surface area is 90.0 Å². The maximum atomic E-state index is 8.82. The van der Waals surface area contributed by atoms with E-state index in [0.717, 1.165) is 0 Å². The number of guanidine groups is 1. The minimum Gasteiger partial charge on any atom is -0.391 e. The highest BCUT2D eigenvalue weighted by molar-refractivity contribution is 14.0. The van der Waals surface area contributed by atoms with Gasteiger partial charge >= 0.3 is 0 Å². The fourth-order valence-corrected chi connectivity index (χ4v) is 0.463. The summed E-state index contributed by atoms with van der Waals surface area (Å²) in [6, 6.07) is 0. The van der Waals surface area contributed by atoms with Gasteiger partial charge in [-0.05, 0) is 6.92 Å². The van der Waals surface area contributed by atoms with E-state index >= 15 is 0 Å². The fourth-order valence-electron chi connectivity index (χ4n) is 0.463. The molecule has 0 amide bonds. The zero-order chi connectivity index (χ0) is 8.69. The molecule has 12 heavy (non-hydrogen) atoms. The lowest BCUT2D eigenvalue weighted by Gasteiger charge is -2.02. The molecule has 0 saturated carbocycles. The average molecular weight is 285 g/mol. The summed E-state index contributed by atoms with van der Waals surface area (Å²) < 4.78 is 0. The van der Waals surface area contributed by atoms with E-state index in [9.17, 15) is 0 Å². The van der Waals surface area contributed by atoms with Crippen LogP contribution in [0.15, 0.2) is 17.6 Å². The van der Waals surface area contributed by atoms with E-state index in [1.807, 2.05) is 0 Å². The maximum absolute atomic E-state index is 8.82. The highest BCUT2D eigenvalue weighted by atomic mass is 127. The Kier molecular flexibility index (Phi) is 10.4. The molecule has 0 radical (unpaired) electrons. The van der Waals surface area contributed by atoms with E-state index in [4.69, 9.17) is 10.8 Å². The second kappa shape index (κ2) is 8.79. The lowest BCUT2D eigenvalue weighted by atomic mass is 10.4. The van der Waals surface area contributed by atoms with Gasteiger partial charge < -0.3 is 16.2 Å². The molecule has 72 valence electrons. The van der Waals surface area contributed by atoms with Crippen LogP contribution in [0.2, 0.25) is 0 Å². The molecule has 0 aliphatic carbocycles. The van der Waals surface area contributed by atoms with Gasteiger partial charge in [-0.25, -0.2) is 0 Å². The molecular formula is C7H16IN3O. The smallest absolute Gasteiger partial charge is 0.188 e. The summed E-state index contributed by atoms with van der Waals surface area (Å²) in [6.07, 6.45) is 1.24. The number of nitrogens with two attached hydrogens (primary N) is 1. The van der Waals surface area contributed by atoms with Gasteiger partial charge in [0.05, 0.1) is 12.6 Å². The van der Waals surface area contributed by atoms with Crippen LogP contribution in [-0.2, 0) is 0 Å². The summed E-state index contributed by atoms with van der Waals surface area (Å²) >= 11 is 0. The van der Waals surface area contributed by atoms with E-state index < -0.39 is 6.10 Å². The molecule has 0 aromatic heterocycles. The second-order valence-electron chi connectivity index (χ2n) is 2.24. The molecule has 0 spiro atoms. The van der Waals surface area contributed by atoms with Gasteiger partial charge in [0.25, 0.3) is 0 Å². The molecule has 1 atom stereocenters. The highest BCUT2D eigenvalue weighted by Gasteiger charge is 1.92. The Hall–Kier alpha value is -0.300. The van der Waals surface area contributed by atoms with Crippen LogP contribution in [0.5, 0.6) is 0 Å². The minimum absolute atomic E-state index is 0. The molecule has 0 aromatic rings. The number of aliphatic hydroxyl groups is 1. The average Bonchev–Trinajstić information content (AvgIpc) is 1.97. The third-order valence-electron chi connectivity index (χ3n) is 0.953. The van der Waals surface area contributed by atoms with Gasteiger partial charge in [0.2, 0.25) is 0 Å². The van der Waals surface area contributed by atoms with Crippen molar-refractivity contribution in [2.45, 2.75) is 13.0 Å². The van der Waals surface area contributed by atoms with Crippen LogP contribution in [0, 0.1) is 0 Å². The van der Waals surface area contributed by atoms with Crippen LogP contribution in [0.4, 0.5) is 0 Å². The van der Waals surface area contributed by atoms with Gasteiger partial charge in [-0.1, -0.05) is 6.08 Å². The molecule has 4 nitrogen and oxygen atoms in total. The number of aliphatic imine (C=N–C) groups is 1. The predicted molar refractivity (Wildman–Crippen MR) is 61.8 cm³/mol. The first-order chi connectivity index (χ1) is 5.16. The van der Waals surface area contributed by atoms with Crippen molar-refractivity contribution in [1.82, 2.24) is 5.32 Å². The summed E-state index contributed by atoms with van der Waals surface area (Å²) in [6.45, 7) is 6.08. The number of nitrogens with one attached hydrogen (secondary N) is 1. The molecule has 0 aromatic carbocycles. The van der Waals surface area contributed by atoms with Crippen LogP contribution in [0.25, 0.3) is 0 Å². The monoisotopic (exact) mass is 285 g/mol. The molecule has 0 heterocycles. The summed E-state index contributed by atoms with van der Waals surface area (Å²) in [5.74, 6) is 0.339. The van der Waals surface area contributed by atoms with Gasteiger partial charge in [0.15, 0.2) is 5.96 Å². The van der Waals surface area contributed by atoms with E-state index in [2.05, 4.69) is 16.9 Å². The van der Waals surface area contributed by atoms with Crippen molar-refractivity contribution < 1.29 is 5.11 Å². The van der Waals surface area contributed by atoms with Crippen LogP contribution >= 0.6 is 24.0 Å². The Morgan fingerprint density at radius 1 is 1.83 bits per heavy atom. The maximum Gasteiger partial charge on any atom is 0.188 e. The molecule has 0 saturated heterocycles. The van der Waals surface area contributed by atoms with Crippen molar-refractivity contribution >= 4 is 29.9 Å². The molecule has 1 unspecified atom stereocenters. The topological polar surface area (TPSA) is 70.6 Å². The van der Waals surface area contributed by atoms with Gasteiger partial charge in [-0.2, -0.15) is 0 Å². The first-order valence-electron chi connectivity index (χ1n) is 3.49. The lowest BCUT2D eigenvalue weighted by molar-refractivity contribution is 0.204. The minimum atomic E-state index is -0.445. The van der Waals surface area contributed by atoms with Crippen molar-refractivity contribution in [3.05, 3.63) is 12.7 Å². The van der Waals surface area contributed by atoms with Gasteiger partial charge in [0.1, 0.15) is 0 Å². The van der Waals surface area contributed by atoms with Crippen molar-refractivity contribution in [2.24, 2.45) is 10.7 Å². The number of rotatable bonds is 4. The number of hydrogen-bond donors (Lipinski definition) is 3. The Balaban J connectivity index is 0. The highest BCUT2D eigenvalue weighted by Crippen LogP contribution is 1.79. The zero-order valence-electron chi connectivity index (χ0n) is 7.16. The molecule has 0 bridgehead atoms. The van der Waals surface area contributed by atoms with Crippen LogP contribution < -0.4 is 11.1 Å². The quantitative estimate of drug-likeness (QED) is 0.296. The Morgan fingerprint density at radius 3 is 2.83 bits per heavy atom. The van der Waals surface area contributed by atoms with Crippen molar-refractivity contribution in [2.75, 3.05) is 13.1 Å². The third-order valence-corrected chi connectivity index (χ3v) is 0.953. The molecular weight excluding hydrogens is 269 g/mol. The van der Waals surface area contributed by atoms with E-state index in [-0.39, 0.29) is 24.0 Å². The molecule has 0 rings (SSSR count). The first-order valence-corrected chi connectivity index (χ1v) is 3.49. The van der Waals surface area contributed by atoms with Crippen LogP contribution in [0.3, 0.4) is 0 Å². The molecule has 5 heteroatoms. The van der Waals surface area contributed by atoms with Crippen LogP contribution in [0.1, 0.15) is 6.92 Å². The summed E-state index contributed by atoms with van der Waals surface area (Å²) in [5.41, 5.74) is 5.39. The molecule has 0 aliphatic heterocycles. The van der Waals surface area contributed by atoms with Gasteiger partial charge in [-0.15, -0.1) is 30.6 Å². The number of aliphatic hydroxyl groups excluding tert-OH is 1. The van der Waals surface area contributed by atoms with Crippen molar-refractivity contribution in [3.8, 4) is 0 Å². The normalized spacial score (nSPS) is 13.0. The summed E-state index contributed by atoms with van der Waals surface area (Å²) in [4.78, 5) is 3.85. The summed E-state index contributed by atoms with van der Waals surface area (Å²) in [5, 5.41) is 11.6. The third kappa shape index (κ3) is 9.70. The van der Waals surface area contributed by atoms with Crippen molar-refractivity contribution in [1.29, 1.82) is 0 Å². The lowest BCUT2D eigenvalue weighted by Crippen LogP contribution is -2.32. The predicted octanol–water partition coefficient (Wildman–Crippen LogP) is 0.0755. The Morgan fingerprint density at radius 2 is 2.42 bits per heavy atom. The van der Waals surface area contributed by atoms with Gasteiger partial charge in [0, 0.05) is 6.54 Å². The van der Waals surface area contributed by atoms with E-state index in [1.165, 1.54) is 0 Å². The largest absolute Gasteiger partial charge is 0.391 e. The zero-order valence-corrected chi connectivity index (χ0v) is 9.49. The number of hydrogen-bond acceptors (Lipinski definition) is 2. The second-order valence-corrected chi connectivity index (χ2v) is 2.24. The first kappa shape index (κ1) is 14.2. The Bertz CT molecular complexity index is 148. The van der Waals surface area contributed by atoms with Crippen molar-refractivity contribution in [3.63, 3.8) is 0 Å². The van der Waals surface area contributed by atoms with Crippen LogP contribution in [-0.4, -0.2) is 30.3 Å². The molecule has 0 aliphatic rings. The number of nitrogens with zero attached hydrogens (tertiary/aromatic N) is 1. The SMILES string of the molecule is C=CCNC(N)=NCC(C)O.I. The summed E-state index contributed by atoms with van der Waals surface area (Å²) in [7, 11) is 0. The molecule has 4 N–H and O–H groups in total. The number of halogens is 1. The fraction of sp³-hybridized carbons (Fsp3) is 0.571. The van der Waals surface area contributed by atoms with Gasteiger partial charge in [-0.3, -0.25) is 4.99 Å². The standard InChI is InChI=1S/C7H15N3O.HI/c1-3-4-9-7(8)10-5-6(2)11;/h3,6,11H,1,4-5H2,2H3,(H3,8,9,10);1H. The molecule has 0 fully saturated rings. The van der Waals surface area contributed by atoms with E-state index in [1.54, 1.807) is 13.0 Å². The van der Waals surface area contributed by atoms with E-state index in [0.29, 0.717) is 19.0 Å².